The Morgan fingerprint density at radius 3 is 2.81 bits per heavy atom. The quantitative estimate of drug-likeness (QED) is 0.592. The molecule has 0 aliphatic carbocycles. The summed E-state index contributed by atoms with van der Waals surface area (Å²) in [4.78, 5) is 2.32. The van der Waals surface area contributed by atoms with Crippen LogP contribution in [0.2, 0.25) is 0 Å². The van der Waals surface area contributed by atoms with Crippen molar-refractivity contribution in [1.29, 1.82) is 0 Å². The Bertz CT molecular complexity index is 334. The van der Waals surface area contributed by atoms with Gasteiger partial charge in [-0.05, 0) is 13.8 Å². The highest BCUT2D eigenvalue weighted by molar-refractivity contribution is 7.10. The molecule has 1 fully saturated rings. The topological polar surface area (TPSA) is 76.3 Å². The highest BCUT2D eigenvalue weighted by atomic mass is 32.1. The molecule has 0 bridgehead atoms. The summed E-state index contributed by atoms with van der Waals surface area (Å²) < 4.78 is 9.56. The minimum Gasteiger partial charge on any atom is -0.373 e. The van der Waals surface area contributed by atoms with Crippen LogP contribution in [-0.2, 0) is 11.3 Å². The Morgan fingerprint density at radius 1 is 1.50 bits per heavy atom. The maximum absolute atomic E-state index is 5.68. The molecule has 2 rings (SSSR count). The van der Waals surface area contributed by atoms with Crippen molar-refractivity contribution in [2.45, 2.75) is 32.6 Å². The molecule has 3 N–H and O–H groups in total. The van der Waals surface area contributed by atoms with Gasteiger partial charge in [0.15, 0.2) is 0 Å². The summed E-state index contributed by atoms with van der Waals surface area (Å²) in [5.41, 5.74) is 3.53. The van der Waals surface area contributed by atoms with Crippen LogP contribution in [0.5, 0.6) is 0 Å². The van der Waals surface area contributed by atoms with Crippen LogP contribution in [0.3, 0.4) is 0 Å². The van der Waals surface area contributed by atoms with Gasteiger partial charge in [0.2, 0.25) is 0 Å². The zero-order valence-corrected chi connectivity index (χ0v) is 10.3. The van der Waals surface area contributed by atoms with E-state index in [0.29, 0.717) is 0 Å². The third-order valence-corrected chi connectivity index (χ3v) is 3.25. The molecular weight excluding hydrogens is 226 g/mol. The lowest BCUT2D eigenvalue weighted by Gasteiger charge is -2.34. The Balaban J connectivity index is 1.98. The summed E-state index contributed by atoms with van der Waals surface area (Å²) in [5, 5.41) is 4.91. The average Bonchev–Trinajstić information content (AvgIpc) is 2.63. The fourth-order valence-corrected chi connectivity index (χ4v) is 2.53. The second kappa shape index (κ2) is 5.05. The predicted octanol–water partition coefficient (Wildman–Crippen LogP) is 0.433. The van der Waals surface area contributed by atoms with Gasteiger partial charge in [0.1, 0.15) is 10.7 Å². The van der Waals surface area contributed by atoms with Crippen LogP contribution in [0.4, 0.5) is 5.00 Å². The van der Waals surface area contributed by atoms with Crippen molar-refractivity contribution < 1.29 is 4.74 Å². The van der Waals surface area contributed by atoms with Gasteiger partial charge in [-0.3, -0.25) is 4.90 Å². The number of ether oxygens (including phenoxy) is 1. The molecule has 16 heavy (non-hydrogen) atoms. The van der Waals surface area contributed by atoms with E-state index in [1.807, 2.05) is 0 Å². The van der Waals surface area contributed by atoms with Crippen LogP contribution >= 0.6 is 11.5 Å². The van der Waals surface area contributed by atoms with E-state index in [1.165, 1.54) is 11.5 Å². The van der Waals surface area contributed by atoms with Gasteiger partial charge in [-0.1, -0.05) is 4.49 Å². The number of aromatic nitrogens is 2. The van der Waals surface area contributed by atoms with Gasteiger partial charge in [0.05, 0.1) is 12.2 Å². The molecule has 2 heterocycles. The molecule has 90 valence electrons. The summed E-state index contributed by atoms with van der Waals surface area (Å²) in [6, 6.07) is 0. The molecule has 2 unspecified atom stereocenters. The van der Waals surface area contributed by atoms with E-state index in [1.54, 1.807) is 0 Å². The molecule has 0 spiro atoms. The highest BCUT2D eigenvalue weighted by Gasteiger charge is 2.23. The molecule has 2 atom stereocenters. The summed E-state index contributed by atoms with van der Waals surface area (Å²) in [5.74, 6) is 5.39. The number of hydrazine groups is 1. The number of nitrogens with two attached hydrogens (primary N) is 1. The van der Waals surface area contributed by atoms with E-state index < -0.39 is 0 Å². The molecule has 1 saturated heterocycles. The Labute approximate surface area is 98.9 Å². The van der Waals surface area contributed by atoms with Crippen LogP contribution in [0.15, 0.2) is 0 Å². The van der Waals surface area contributed by atoms with Crippen molar-refractivity contribution in [3.8, 4) is 0 Å². The van der Waals surface area contributed by atoms with Crippen LogP contribution in [0.1, 0.15) is 19.5 Å². The standard InChI is InChI=1S/C9H17N5OS/c1-6-3-14(4-7(2)15-6)5-8-9(11-10)16-13-12-8/h6-7,11H,3-5,10H2,1-2H3. The zero-order valence-electron chi connectivity index (χ0n) is 9.51. The van der Waals surface area contributed by atoms with E-state index in [2.05, 4.69) is 33.8 Å². The van der Waals surface area contributed by atoms with Crippen LogP contribution in [0.25, 0.3) is 0 Å². The minimum atomic E-state index is 0.268. The van der Waals surface area contributed by atoms with Crippen LogP contribution < -0.4 is 11.3 Å². The molecule has 0 amide bonds. The number of hydrogen-bond donors (Lipinski definition) is 2. The molecule has 1 aliphatic rings. The van der Waals surface area contributed by atoms with Crippen molar-refractivity contribution in [1.82, 2.24) is 14.5 Å². The maximum Gasteiger partial charge on any atom is 0.148 e. The lowest BCUT2D eigenvalue weighted by Crippen LogP contribution is -2.45. The fourth-order valence-electron chi connectivity index (χ4n) is 2.05. The van der Waals surface area contributed by atoms with Gasteiger partial charge in [0, 0.05) is 31.2 Å². The van der Waals surface area contributed by atoms with Crippen molar-refractivity contribution >= 4 is 16.5 Å². The molecule has 0 aromatic carbocycles. The second-order valence-electron chi connectivity index (χ2n) is 4.14. The van der Waals surface area contributed by atoms with Gasteiger partial charge < -0.3 is 10.2 Å². The number of rotatable bonds is 3. The summed E-state index contributed by atoms with van der Waals surface area (Å²) >= 11 is 1.28. The first-order chi connectivity index (χ1) is 7.69. The smallest absolute Gasteiger partial charge is 0.148 e. The zero-order chi connectivity index (χ0) is 11.5. The van der Waals surface area contributed by atoms with Crippen LogP contribution in [-0.4, -0.2) is 39.8 Å². The summed E-state index contributed by atoms with van der Waals surface area (Å²) in [6.45, 7) is 6.79. The van der Waals surface area contributed by atoms with E-state index in [4.69, 9.17) is 10.6 Å². The highest BCUT2D eigenvalue weighted by Crippen LogP contribution is 2.20. The SMILES string of the molecule is CC1CN(Cc2nnsc2NN)CC(C)O1. The van der Waals surface area contributed by atoms with Gasteiger partial charge >= 0.3 is 0 Å². The normalized spacial score (nSPS) is 26.9. The second-order valence-corrected chi connectivity index (χ2v) is 4.90. The van der Waals surface area contributed by atoms with Gasteiger partial charge in [0.25, 0.3) is 0 Å². The summed E-state index contributed by atoms with van der Waals surface area (Å²) in [7, 11) is 0. The maximum atomic E-state index is 5.68. The number of hydrogen-bond acceptors (Lipinski definition) is 7. The largest absolute Gasteiger partial charge is 0.373 e. The van der Waals surface area contributed by atoms with E-state index >= 15 is 0 Å². The third-order valence-electron chi connectivity index (χ3n) is 2.56. The molecule has 0 radical (unpaired) electrons. The minimum absolute atomic E-state index is 0.268. The fraction of sp³-hybridized carbons (Fsp3) is 0.778. The van der Waals surface area contributed by atoms with Gasteiger partial charge in [-0.2, -0.15) is 0 Å². The molecule has 0 saturated carbocycles. The van der Waals surface area contributed by atoms with Crippen LogP contribution in [0, 0.1) is 0 Å². The van der Waals surface area contributed by atoms with Gasteiger partial charge in [-0.25, -0.2) is 5.84 Å². The van der Waals surface area contributed by atoms with Crippen molar-refractivity contribution in [3.05, 3.63) is 5.69 Å². The Morgan fingerprint density at radius 2 is 2.19 bits per heavy atom. The van der Waals surface area contributed by atoms with E-state index in [0.717, 1.165) is 30.3 Å². The molecule has 7 heteroatoms. The molecule has 1 aromatic rings. The van der Waals surface area contributed by atoms with E-state index in [-0.39, 0.29) is 12.2 Å². The van der Waals surface area contributed by atoms with E-state index in [9.17, 15) is 0 Å². The molecular formula is C9H17N5OS. The van der Waals surface area contributed by atoms with Crippen molar-refractivity contribution in [3.63, 3.8) is 0 Å². The number of morpholine rings is 1. The number of anilines is 1. The number of nitrogens with one attached hydrogen (secondary N) is 1. The lowest BCUT2D eigenvalue weighted by atomic mass is 10.2. The third kappa shape index (κ3) is 2.67. The number of nitrogens with zero attached hydrogens (tertiary/aromatic N) is 3. The monoisotopic (exact) mass is 243 g/mol. The molecule has 6 nitrogen and oxygen atoms in total. The Kier molecular flexibility index (Phi) is 3.70. The average molecular weight is 243 g/mol. The van der Waals surface area contributed by atoms with Crippen molar-refractivity contribution in [2.75, 3.05) is 18.5 Å². The molecule has 1 aliphatic heterocycles. The van der Waals surface area contributed by atoms with Crippen molar-refractivity contribution in [2.24, 2.45) is 5.84 Å². The predicted molar refractivity (Wildman–Crippen MR) is 63.0 cm³/mol. The van der Waals surface area contributed by atoms with Gasteiger partial charge in [-0.15, -0.1) is 5.10 Å². The lowest BCUT2D eigenvalue weighted by molar-refractivity contribution is -0.0707. The molecule has 1 aromatic heterocycles. The Hall–Kier alpha value is -0.760. The summed E-state index contributed by atoms with van der Waals surface area (Å²) in [6.07, 6.45) is 0.536. The first-order valence-corrected chi connectivity index (χ1v) is 6.12. The first-order valence-electron chi connectivity index (χ1n) is 5.34. The first kappa shape index (κ1) is 11.7. The number of nitrogen functional groups attached to an aromatic ring is 1.